The number of ether oxygens (including phenoxy) is 1. The average molecular weight is 602 g/mol. The molecule has 0 aliphatic carbocycles. The van der Waals surface area contributed by atoms with Crippen molar-refractivity contribution in [3.63, 3.8) is 0 Å². The predicted octanol–water partition coefficient (Wildman–Crippen LogP) is 8.37. The molecule has 0 aliphatic heterocycles. The van der Waals surface area contributed by atoms with E-state index >= 15 is 0 Å². The van der Waals surface area contributed by atoms with Gasteiger partial charge in [-0.1, -0.05) is 60.3 Å². The molecular formula is C35H27N3O3S2. The summed E-state index contributed by atoms with van der Waals surface area (Å²) in [6.07, 6.45) is 3.33. The van der Waals surface area contributed by atoms with Crippen molar-refractivity contribution in [2.45, 2.75) is 17.2 Å². The summed E-state index contributed by atoms with van der Waals surface area (Å²) in [5.41, 5.74) is 4.60. The molecule has 0 bridgehead atoms. The van der Waals surface area contributed by atoms with Crippen molar-refractivity contribution in [2.75, 3.05) is 12.4 Å². The summed E-state index contributed by atoms with van der Waals surface area (Å²) in [6.45, 7) is 1.77. The van der Waals surface area contributed by atoms with Gasteiger partial charge in [0.2, 0.25) is 5.91 Å². The maximum Gasteiger partial charge on any atom is 0.237 e. The lowest BCUT2D eigenvalue weighted by atomic mass is 9.99. The smallest absolute Gasteiger partial charge is 0.237 e. The van der Waals surface area contributed by atoms with E-state index in [1.165, 1.54) is 11.8 Å². The van der Waals surface area contributed by atoms with E-state index in [0.29, 0.717) is 38.8 Å². The van der Waals surface area contributed by atoms with E-state index in [-0.39, 0.29) is 11.7 Å². The van der Waals surface area contributed by atoms with Crippen LogP contribution in [-0.4, -0.2) is 29.0 Å². The number of hydrogen-bond donors (Lipinski definition) is 1. The van der Waals surface area contributed by atoms with Gasteiger partial charge in [0.15, 0.2) is 5.78 Å². The van der Waals surface area contributed by atoms with Crippen LogP contribution in [0.1, 0.15) is 27.7 Å². The number of methoxy groups -OCH3 is 1. The number of nitrogens with one attached hydrogen (secondary N) is 1. The van der Waals surface area contributed by atoms with Gasteiger partial charge in [-0.3, -0.25) is 9.59 Å². The number of hydrogen-bond acceptors (Lipinski definition) is 7. The van der Waals surface area contributed by atoms with Crippen molar-refractivity contribution in [1.82, 2.24) is 4.98 Å². The van der Waals surface area contributed by atoms with Crippen molar-refractivity contribution in [2.24, 2.45) is 0 Å². The summed E-state index contributed by atoms with van der Waals surface area (Å²) in [7, 11) is 1.60. The second kappa shape index (κ2) is 13.8. The number of nitriles is 1. The van der Waals surface area contributed by atoms with Gasteiger partial charge in [0.05, 0.1) is 23.6 Å². The number of benzene rings is 3. The third kappa shape index (κ3) is 7.28. The Bertz CT molecular complexity index is 1810. The average Bonchev–Trinajstić information content (AvgIpc) is 3.58. The molecule has 2 aromatic heterocycles. The number of allylic oxidation sites excluding steroid dienone is 1. The van der Waals surface area contributed by atoms with Crippen LogP contribution in [-0.2, 0) is 4.79 Å². The van der Waals surface area contributed by atoms with E-state index in [1.807, 2.05) is 78.2 Å². The second-order valence-corrected chi connectivity index (χ2v) is 11.8. The van der Waals surface area contributed by atoms with Crippen molar-refractivity contribution in [3.05, 3.63) is 125 Å². The van der Waals surface area contributed by atoms with E-state index in [9.17, 15) is 14.9 Å². The number of thioether (sulfide) groups is 1. The monoisotopic (exact) mass is 601 g/mol. The minimum Gasteiger partial charge on any atom is -0.497 e. The third-order valence-electron chi connectivity index (χ3n) is 6.59. The number of nitrogens with zero attached hydrogens (tertiary/aromatic N) is 2. The molecule has 0 unspecified atom stereocenters. The molecule has 212 valence electrons. The van der Waals surface area contributed by atoms with Crippen molar-refractivity contribution in [3.8, 4) is 34.2 Å². The van der Waals surface area contributed by atoms with Gasteiger partial charge in [-0.25, -0.2) is 4.98 Å². The lowest BCUT2D eigenvalue weighted by Crippen LogP contribution is -2.22. The first kappa shape index (κ1) is 29.5. The van der Waals surface area contributed by atoms with Crippen LogP contribution in [0.25, 0.3) is 28.5 Å². The number of aromatic nitrogens is 1. The molecule has 5 rings (SSSR count). The molecule has 1 atom stereocenters. The number of rotatable bonds is 10. The molecule has 0 radical (unpaired) electrons. The molecular weight excluding hydrogens is 575 g/mol. The summed E-state index contributed by atoms with van der Waals surface area (Å²) in [5.74, 6) is 0.309. The van der Waals surface area contributed by atoms with Crippen LogP contribution in [0.3, 0.4) is 0 Å². The van der Waals surface area contributed by atoms with Crippen LogP contribution >= 0.6 is 23.1 Å². The van der Waals surface area contributed by atoms with Crippen LogP contribution in [0.4, 0.5) is 5.69 Å². The maximum absolute atomic E-state index is 13.2. The second-order valence-electron chi connectivity index (χ2n) is 9.48. The molecule has 0 saturated heterocycles. The summed E-state index contributed by atoms with van der Waals surface area (Å²) in [5, 5.41) is 15.0. The third-order valence-corrected chi connectivity index (χ3v) is 8.51. The van der Waals surface area contributed by atoms with Gasteiger partial charge in [0.25, 0.3) is 0 Å². The molecule has 1 N–H and O–H groups in total. The number of carbonyl (C=O) groups excluding carboxylic acids is 2. The first-order valence-electron chi connectivity index (χ1n) is 13.4. The Morgan fingerprint density at radius 3 is 2.44 bits per heavy atom. The Labute approximate surface area is 258 Å². The normalized spacial score (nSPS) is 11.6. The molecule has 0 fully saturated rings. The number of carbonyl (C=O) groups is 2. The number of pyridine rings is 1. The number of ketones is 1. The highest BCUT2D eigenvalue weighted by atomic mass is 32.2. The van der Waals surface area contributed by atoms with Gasteiger partial charge < -0.3 is 10.1 Å². The van der Waals surface area contributed by atoms with Crippen LogP contribution < -0.4 is 10.1 Å². The fraction of sp³-hybridized carbons (Fsp3) is 0.0857. The van der Waals surface area contributed by atoms with Crippen molar-refractivity contribution >= 4 is 46.6 Å². The van der Waals surface area contributed by atoms with E-state index in [0.717, 1.165) is 16.0 Å². The molecule has 6 nitrogen and oxygen atoms in total. The maximum atomic E-state index is 13.2. The first-order chi connectivity index (χ1) is 20.9. The largest absolute Gasteiger partial charge is 0.497 e. The number of amides is 1. The topological polar surface area (TPSA) is 92.1 Å². The predicted molar refractivity (Wildman–Crippen MR) is 174 cm³/mol. The molecule has 0 spiro atoms. The summed E-state index contributed by atoms with van der Waals surface area (Å²) in [6, 6.07) is 32.1. The molecule has 5 aromatic rings. The summed E-state index contributed by atoms with van der Waals surface area (Å²) >= 11 is 2.78. The van der Waals surface area contributed by atoms with E-state index in [2.05, 4.69) is 11.4 Å². The van der Waals surface area contributed by atoms with Gasteiger partial charge in [-0.05, 0) is 78.6 Å². The SMILES string of the molecule is COc1cccc(-c2cc(-c3ccccc3)nc(S[C@@H](C)C(=O)Nc3ccc(C(=O)/C=C/c4cccs4)cc3)c2C#N)c1. The molecule has 0 saturated carbocycles. The highest BCUT2D eigenvalue weighted by molar-refractivity contribution is 8.00. The molecule has 2 heterocycles. The molecule has 8 heteroatoms. The van der Waals surface area contributed by atoms with Gasteiger partial charge in [-0.15, -0.1) is 11.3 Å². The molecule has 0 aliphatic rings. The van der Waals surface area contributed by atoms with Gasteiger partial charge in [0, 0.05) is 27.3 Å². The first-order valence-corrected chi connectivity index (χ1v) is 15.2. The number of thiophene rings is 1. The number of anilines is 1. The minimum absolute atomic E-state index is 0.115. The lowest BCUT2D eigenvalue weighted by Gasteiger charge is -2.16. The fourth-order valence-electron chi connectivity index (χ4n) is 4.31. The highest BCUT2D eigenvalue weighted by Crippen LogP contribution is 2.37. The Morgan fingerprint density at radius 2 is 1.74 bits per heavy atom. The highest BCUT2D eigenvalue weighted by Gasteiger charge is 2.22. The van der Waals surface area contributed by atoms with E-state index < -0.39 is 5.25 Å². The van der Waals surface area contributed by atoms with Gasteiger partial charge in [0.1, 0.15) is 16.8 Å². The van der Waals surface area contributed by atoms with Gasteiger partial charge >= 0.3 is 0 Å². The summed E-state index contributed by atoms with van der Waals surface area (Å²) < 4.78 is 5.42. The molecule has 43 heavy (non-hydrogen) atoms. The van der Waals surface area contributed by atoms with Gasteiger partial charge in [-0.2, -0.15) is 5.26 Å². The zero-order valence-electron chi connectivity index (χ0n) is 23.5. The minimum atomic E-state index is -0.571. The molecule has 1 amide bonds. The quantitative estimate of drug-likeness (QED) is 0.0982. The standard InChI is InChI=1S/C35H27N3O3S2/c1-23(34(40)37-27-15-13-25(14-16-27)33(39)18-17-29-12-7-19-42-29)43-35-31(22-36)30(26-10-6-11-28(20-26)41-2)21-32(38-35)24-8-4-3-5-9-24/h3-21,23H,1-2H3,(H,37,40)/b18-17+/t23-/m0/s1. The Hall–Kier alpha value is -4.97. The fourth-order valence-corrected chi connectivity index (χ4v) is 5.86. The Morgan fingerprint density at radius 1 is 0.977 bits per heavy atom. The Kier molecular flexibility index (Phi) is 9.47. The zero-order valence-corrected chi connectivity index (χ0v) is 25.1. The molecule has 3 aromatic carbocycles. The van der Waals surface area contributed by atoms with Crippen molar-refractivity contribution in [1.29, 1.82) is 5.26 Å². The zero-order chi connectivity index (χ0) is 30.2. The van der Waals surface area contributed by atoms with Crippen LogP contribution in [0.15, 0.2) is 114 Å². The van der Waals surface area contributed by atoms with Crippen LogP contribution in [0.2, 0.25) is 0 Å². The Balaban J connectivity index is 1.37. The lowest BCUT2D eigenvalue weighted by molar-refractivity contribution is -0.115. The van der Waals surface area contributed by atoms with E-state index in [4.69, 9.17) is 9.72 Å². The van der Waals surface area contributed by atoms with Crippen LogP contribution in [0, 0.1) is 11.3 Å². The van der Waals surface area contributed by atoms with Crippen LogP contribution in [0.5, 0.6) is 5.75 Å². The summed E-state index contributed by atoms with van der Waals surface area (Å²) in [4.78, 5) is 31.6. The van der Waals surface area contributed by atoms with E-state index in [1.54, 1.807) is 61.8 Å². The van der Waals surface area contributed by atoms with Crippen molar-refractivity contribution < 1.29 is 14.3 Å².